The van der Waals surface area contributed by atoms with Gasteiger partial charge in [0.25, 0.3) is 0 Å². The molecule has 4 nitrogen and oxygen atoms in total. The Hall–Kier alpha value is -1.79. The number of benzene rings is 1. The lowest BCUT2D eigenvalue weighted by atomic mass is 10.0. The normalized spacial score (nSPS) is 18.0. The molecule has 6 heteroatoms. The first kappa shape index (κ1) is 17.0. The van der Waals surface area contributed by atoms with Gasteiger partial charge < -0.3 is 10.2 Å². The second-order valence-electron chi connectivity index (χ2n) is 6.66. The van der Waals surface area contributed by atoms with Gasteiger partial charge in [-0.3, -0.25) is 0 Å². The van der Waals surface area contributed by atoms with Crippen molar-refractivity contribution in [2.45, 2.75) is 38.8 Å². The number of nitrogens with one attached hydrogen (secondary N) is 1. The molecule has 130 valence electrons. The Kier molecular flexibility index (Phi) is 4.96. The zero-order valence-corrected chi connectivity index (χ0v) is 14.4. The van der Waals surface area contributed by atoms with Crippen molar-refractivity contribution in [1.29, 1.82) is 0 Å². The van der Waals surface area contributed by atoms with E-state index >= 15 is 0 Å². The molecule has 2 heterocycles. The van der Waals surface area contributed by atoms with Crippen molar-refractivity contribution in [3.63, 3.8) is 0 Å². The summed E-state index contributed by atoms with van der Waals surface area (Å²) < 4.78 is 28.7. The van der Waals surface area contributed by atoms with Crippen LogP contribution in [0.4, 0.5) is 8.78 Å². The molecule has 1 fully saturated rings. The first-order valence-electron chi connectivity index (χ1n) is 8.40. The van der Waals surface area contributed by atoms with Gasteiger partial charge in [0.1, 0.15) is 11.5 Å². The summed E-state index contributed by atoms with van der Waals surface area (Å²) in [5, 5.41) is 7.96. The molecule has 1 aliphatic heterocycles. The molecule has 0 bridgehead atoms. The van der Waals surface area contributed by atoms with E-state index in [-0.39, 0.29) is 11.7 Å². The van der Waals surface area contributed by atoms with Gasteiger partial charge in [0, 0.05) is 29.4 Å². The summed E-state index contributed by atoms with van der Waals surface area (Å²) in [6.07, 6.45) is 4.02. The number of aromatic nitrogens is 2. The van der Waals surface area contributed by atoms with Gasteiger partial charge in [-0.1, -0.05) is 0 Å². The number of likely N-dealkylation sites (tertiary alicyclic amines) is 1. The molecule has 0 saturated carbocycles. The Balaban J connectivity index is 1.76. The smallest absolute Gasteiger partial charge is 0.151 e. The topological polar surface area (TPSA) is 33.1 Å². The van der Waals surface area contributed by atoms with E-state index in [1.165, 1.54) is 16.8 Å². The second kappa shape index (κ2) is 6.99. The van der Waals surface area contributed by atoms with Gasteiger partial charge >= 0.3 is 0 Å². The van der Waals surface area contributed by atoms with Crippen LogP contribution in [0, 0.1) is 18.6 Å². The van der Waals surface area contributed by atoms with Crippen molar-refractivity contribution in [3.8, 4) is 5.69 Å². The summed E-state index contributed by atoms with van der Waals surface area (Å²) in [7, 11) is 2.14. The zero-order valence-electron chi connectivity index (χ0n) is 14.4. The van der Waals surface area contributed by atoms with E-state index in [2.05, 4.69) is 29.3 Å². The van der Waals surface area contributed by atoms with Crippen molar-refractivity contribution in [1.82, 2.24) is 20.0 Å². The van der Waals surface area contributed by atoms with Crippen LogP contribution in [-0.2, 0) is 0 Å². The molecule has 2 aromatic rings. The lowest BCUT2D eigenvalue weighted by molar-refractivity contribution is 0.226. The number of rotatable bonds is 4. The molecule has 0 spiro atoms. The Morgan fingerprint density at radius 3 is 2.62 bits per heavy atom. The van der Waals surface area contributed by atoms with Crippen molar-refractivity contribution in [3.05, 3.63) is 47.3 Å². The van der Waals surface area contributed by atoms with Gasteiger partial charge in [-0.15, -0.1) is 0 Å². The van der Waals surface area contributed by atoms with Gasteiger partial charge in [0.2, 0.25) is 0 Å². The van der Waals surface area contributed by atoms with Crippen molar-refractivity contribution < 1.29 is 8.78 Å². The van der Waals surface area contributed by atoms with Gasteiger partial charge in [-0.2, -0.15) is 5.10 Å². The average molecular weight is 334 g/mol. The van der Waals surface area contributed by atoms with Crippen molar-refractivity contribution in [2.75, 3.05) is 20.1 Å². The fourth-order valence-electron chi connectivity index (χ4n) is 3.36. The maximum atomic E-state index is 14.0. The SMILES string of the molecule is Cc1c([C@@H](C)NC2CCN(C)CC2)cnn1-c1ccc(F)cc1F. The van der Waals surface area contributed by atoms with Crippen LogP contribution in [0.25, 0.3) is 5.69 Å². The molecule has 3 rings (SSSR count). The van der Waals surface area contributed by atoms with Crippen molar-refractivity contribution >= 4 is 0 Å². The minimum atomic E-state index is -0.608. The van der Waals surface area contributed by atoms with Crippen LogP contribution in [0.3, 0.4) is 0 Å². The molecule has 1 aromatic heterocycles. The fourth-order valence-corrected chi connectivity index (χ4v) is 3.36. The van der Waals surface area contributed by atoms with Gasteiger partial charge in [0.15, 0.2) is 5.82 Å². The molecule has 1 atom stereocenters. The molecule has 1 aliphatic rings. The van der Waals surface area contributed by atoms with Crippen LogP contribution in [0.2, 0.25) is 0 Å². The molecule has 24 heavy (non-hydrogen) atoms. The van der Waals surface area contributed by atoms with Gasteiger partial charge in [0.05, 0.1) is 6.20 Å². The van der Waals surface area contributed by atoms with E-state index in [0.717, 1.165) is 43.3 Å². The first-order chi connectivity index (χ1) is 11.5. The summed E-state index contributed by atoms with van der Waals surface area (Å²) in [5.74, 6) is -1.19. The highest BCUT2D eigenvalue weighted by atomic mass is 19.1. The summed E-state index contributed by atoms with van der Waals surface area (Å²) in [6.45, 7) is 6.22. The third kappa shape index (κ3) is 3.49. The molecule has 0 radical (unpaired) electrons. The highest BCUT2D eigenvalue weighted by Gasteiger charge is 2.21. The Morgan fingerprint density at radius 1 is 1.25 bits per heavy atom. The monoisotopic (exact) mass is 334 g/mol. The highest BCUT2D eigenvalue weighted by molar-refractivity contribution is 5.37. The van der Waals surface area contributed by atoms with Crippen LogP contribution in [0.5, 0.6) is 0 Å². The first-order valence-corrected chi connectivity index (χ1v) is 8.40. The van der Waals surface area contributed by atoms with Crippen LogP contribution in [0.1, 0.15) is 37.1 Å². The Bertz CT molecular complexity index is 705. The standard InChI is InChI=1S/C18H24F2N4/c1-12(22-15-6-8-23(3)9-7-15)16-11-21-24(13(16)2)18-5-4-14(19)10-17(18)20/h4-5,10-12,15,22H,6-9H2,1-3H3/t12-/m1/s1. The molecule has 0 aliphatic carbocycles. The third-order valence-corrected chi connectivity index (χ3v) is 4.86. The van der Waals surface area contributed by atoms with Crippen molar-refractivity contribution in [2.24, 2.45) is 0 Å². The van der Waals surface area contributed by atoms with Crippen LogP contribution in [-0.4, -0.2) is 40.9 Å². The van der Waals surface area contributed by atoms with Crippen LogP contribution >= 0.6 is 0 Å². The minimum absolute atomic E-state index is 0.135. The number of nitrogens with zero attached hydrogens (tertiary/aromatic N) is 3. The van der Waals surface area contributed by atoms with E-state index < -0.39 is 11.6 Å². The van der Waals surface area contributed by atoms with E-state index in [1.807, 2.05) is 6.92 Å². The molecule has 1 saturated heterocycles. The third-order valence-electron chi connectivity index (χ3n) is 4.86. The summed E-state index contributed by atoms with van der Waals surface area (Å²) in [5.41, 5.74) is 2.18. The van der Waals surface area contributed by atoms with Gasteiger partial charge in [-0.05, 0) is 59.0 Å². The number of piperidine rings is 1. The zero-order chi connectivity index (χ0) is 17.3. The maximum Gasteiger partial charge on any atom is 0.151 e. The molecule has 0 unspecified atom stereocenters. The Labute approximate surface area is 141 Å². The second-order valence-corrected chi connectivity index (χ2v) is 6.66. The molecule has 0 amide bonds. The van der Waals surface area contributed by atoms with Crippen LogP contribution in [0.15, 0.2) is 24.4 Å². The summed E-state index contributed by atoms with van der Waals surface area (Å²) in [4.78, 5) is 2.34. The molecule has 1 aromatic carbocycles. The predicted molar refractivity (Wildman–Crippen MR) is 90.3 cm³/mol. The van der Waals surface area contributed by atoms with E-state index in [9.17, 15) is 8.78 Å². The highest BCUT2D eigenvalue weighted by Crippen LogP contribution is 2.23. The average Bonchev–Trinajstić information content (AvgIpc) is 2.91. The fraction of sp³-hybridized carbons (Fsp3) is 0.500. The van der Waals surface area contributed by atoms with E-state index in [1.54, 1.807) is 6.20 Å². The van der Waals surface area contributed by atoms with E-state index in [4.69, 9.17) is 0 Å². The predicted octanol–water partition coefficient (Wildman–Crippen LogP) is 3.20. The molecule has 1 N–H and O–H groups in total. The minimum Gasteiger partial charge on any atom is -0.307 e. The van der Waals surface area contributed by atoms with Crippen LogP contribution < -0.4 is 5.32 Å². The summed E-state index contributed by atoms with van der Waals surface area (Å²) >= 11 is 0. The van der Waals surface area contributed by atoms with E-state index in [0.29, 0.717) is 6.04 Å². The Morgan fingerprint density at radius 2 is 1.96 bits per heavy atom. The number of halogens is 2. The number of hydrogen-bond donors (Lipinski definition) is 1. The van der Waals surface area contributed by atoms with Gasteiger partial charge in [-0.25, -0.2) is 13.5 Å². The summed E-state index contributed by atoms with van der Waals surface area (Å²) in [6, 6.07) is 4.18. The lowest BCUT2D eigenvalue weighted by Gasteiger charge is -2.31. The molecular weight excluding hydrogens is 310 g/mol. The maximum absolute atomic E-state index is 14.0. The molecular formula is C18H24F2N4. The lowest BCUT2D eigenvalue weighted by Crippen LogP contribution is -2.41. The largest absolute Gasteiger partial charge is 0.307 e. The number of hydrogen-bond acceptors (Lipinski definition) is 3. The quantitative estimate of drug-likeness (QED) is 0.932.